The number of hydrogen-bond acceptors (Lipinski definition) is 1. The summed E-state index contributed by atoms with van der Waals surface area (Å²) < 4.78 is 0. The highest BCUT2D eigenvalue weighted by atomic mass is 14.7. The Labute approximate surface area is 56.5 Å². The second-order valence-corrected chi connectivity index (χ2v) is 2.12. The summed E-state index contributed by atoms with van der Waals surface area (Å²) in [7, 11) is 1.92. The van der Waals surface area contributed by atoms with Gasteiger partial charge in [-0.3, -0.25) is 0 Å². The lowest BCUT2D eigenvalue weighted by molar-refractivity contribution is 1.47. The van der Waals surface area contributed by atoms with Crippen LogP contribution in [0.2, 0.25) is 0 Å². The van der Waals surface area contributed by atoms with Crippen molar-refractivity contribution >= 4 is 13.7 Å². The molecule has 0 bridgehead atoms. The third-order valence-electron chi connectivity index (χ3n) is 1.34. The number of rotatable bonds is 1. The normalized spacial score (nSPS) is 9.00. The van der Waals surface area contributed by atoms with Gasteiger partial charge in [0.15, 0.2) is 0 Å². The van der Waals surface area contributed by atoms with E-state index in [0.29, 0.717) is 0 Å². The lowest BCUT2D eigenvalue weighted by Gasteiger charge is -1.97. The van der Waals surface area contributed by atoms with Crippen LogP contribution < -0.4 is 5.23 Å². The smallest absolute Gasteiger partial charge is 0.213 e. The molecule has 1 aromatic rings. The topological polar surface area (TPSA) is 12.0 Å². The number of aryl methyl sites for hydroxylation is 1. The van der Waals surface area contributed by atoms with Gasteiger partial charge in [0.2, 0.25) is 7.98 Å². The van der Waals surface area contributed by atoms with Gasteiger partial charge in [0.05, 0.1) is 0 Å². The maximum atomic E-state index is 3.05. The summed E-state index contributed by atoms with van der Waals surface area (Å²) in [5.41, 5.74) is 2.47. The van der Waals surface area contributed by atoms with Gasteiger partial charge in [0.25, 0.3) is 0 Å². The van der Waals surface area contributed by atoms with E-state index in [2.05, 4.69) is 36.4 Å². The molecule has 0 saturated heterocycles. The van der Waals surface area contributed by atoms with Gasteiger partial charge in [-0.15, -0.1) is 0 Å². The van der Waals surface area contributed by atoms with E-state index in [9.17, 15) is 0 Å². The first-order chi connectivity index (χ1) is 4.33. The van der Waals surface area contributed by atoms with Crippen LogP contribution in [0, 0.1) is 6.92 Å². The van der Waals surface area contributed by atoms with Crippen molar-refractivity contribution in [3.63, 3.8) is 0 Å². The average molecular weight is 119 g/mol. The molecule has 0 spiro atoms. The molecule has 0 saturated carbocycles. The maximum Gasteiger partial charge on any atom is 0.213 e. The van der Waals surface area contributed by atoms with Crippen LogP contribution in [0.4, 0.5) is 5.69 Å². The van der Waals surface area contributed by atoms with E-state index in [4.69, 9.17) is 0 Å². The zero-order valence-corrected chi connectivity index (χ0v) is 5.81. The molecule has 0 aliphatic heterocycles. The van der Waals surface area contributed by atoms with Crippen molar-refractivity contribution in [2.45, 2.75) is 6.92 Å². The van der Waals surface area contributed by atoms with Crippen LogP contribution in [0.1, 0.15) is 5.56 Å². The SMILES string of the molecule is BNc1ccc(C)cc1. The van der Waals surface area contributed by atoms with Crippen molar-refractivity contribution in [2.75, 3.05) is 5.23 Å². The molecular formula is C7H10BN. The highest BCUT2D eigenvalue weighted by molar-refractivity contribution is 6.15. The summed E-state index contributed by atoms with van der Waals surface area (Å²) in [6, 6.07) is 8.31. The van der Waals surface area contributed by atoms with Crippen molar-refractivity contribution in [2.24, 2.45) is 0 Å². The summed E-state index contributed by atoms with van der Waals surface area (Å²) in [6.07, 6.45) is 0. The van der Waals surface area contributed by atoms with Gasteiger partial charge >= 0.3 is 0 Å². The van der Waals surface area contributed by atoms with Crippen molar-refractivity contribution < 1.29 is 0 Å². The second-order valence-electron chi connectivity index (χ2n) is 2.12. The second kappa shape index (κ2) is 2.58. The Kier molecular flexibility index (Phi) is 1.78. The lowest BCUT2D eigenvalue weighted by atomic mass is 10.2. The van der Waals surface area contributed by atoms with E-state index in [1.807, 2.05) is 7.98 Å². The molecule has 0 unspecified atom stereocenters. The van der Waals surface area contributed by atoms with Crippen molar-refractivity contribution in [3.8, 4) is 0 Å². The van der Waals surface area contributed by atoms with Gasteiger partial charge in [0.1, 0.15) is 0 Å². The van der Waals surface area contributed by atoms with Crippen molar-refractivity contribution in [3.05, 3.63) is 29.8 Å². The maximum absolute atomic E-state index is 3.05. The molecule has 9 heavy (non-hydrogen) atoms. The fourth-order valence-electron chi connectivity index (χ4n) is 0.720. The molecule has 0 aliphatic rings. The molecule has 0 aromatic heterocycles. The fraction of sp³-hybridized carbons (Fsp3) is 0.143. The first-order valence-corrected chi connectivity index (χ1v) is 3.07. The Morgan fingerprint density at radius 3 is 2.22 bits per heavy atom. The van der Waals surface area contributed by atoms with Crippen LogP contribution in [-0.4, -0.2) is 7.98 Å². The third kappa shape index (κ3) is 1.49. The monoisotopic (exact) mass is 119 g/mol. The molecule has 0 amide bonds. The average Bonchev–Trinajstić information content (AvgIpc) is 1.90. The molecule has 1 rings (SSSR count). The van der Waals surface area contributed by atoms with Gasteiger partial charge in [-0.2, -0.15) is 0 Å². The minimum absolute atomic E-state index is 1.17. The van der Waals surface area contributed by atoms with Gasteiger partial charge < -0.3 is 5.23 Å². The van der Waals surface area contributed by atoms with Crippen LogP contribution >= 0.6 is 0 Å². The van der Waals surface area contributed by atoms with E-state index in [0.717, 1.165) is 0 Å². The first kappa shape index (κ1) is 6.21. The lowest BCUT2D eigenvalue weighted by Crippen LogP contribution is -1.88. The predicted molar refractivity (Wildman–Crippen MR) is 43.3 cm³/mol. The van der Waals surface area contributed by atoms with Gasteiger partial charge in [-0.1, -0.05) is 17.7 Å². The standard InChI is InChI=1S/C7H10BN/c1-6-2-4-7(9-8)5-3-6/h2-5,9H,8H2,1H3. The summed E-state index contributed by atoms with van der Waals surface area (Å²) in [5, 5.41) is 3.05. The number of hydrogen-bond donors (Lipinski definition) is 1. The summed E-state index contributed by atoms with van der Waals surface area (Å²) in [4.78, 5) is 0. The molecule has 46 valence electrons. The van der Waals surface area contributed by atoms with Crippen LogP contribution in [0.15, 0.2) is 24.3 Å². The molecule has 0 atom stereocenters. The fourth-order valence-corrected chi connectivity index (χ4v) is 0.720. The Balaban J connectivity index is 2.88. The molecule has 0 heterocycles. The molecule has 0 aliphatic carbocycles. The van der Waals surface area contributed by atoms with E-state index in [1.54, 1.807) is 0 Å². The highest BCUT2D eigenvalue weighted by Crippen LogP contribution is 2.05. The molecular weight excluding hydrogens is 109 g/mol. The van der Waals surface area contributed by atoms with Gasteiger partial charge in [-0.05, 0) is 19.1 Å². The molecule has 0 fully saturated rings. The van der Waals surface area contributed by atoms with Crippen LogP contribution in [0.5, 0.6) is 0 Å². The van der Waals surface area contributed by atoms with Crippen molar-refractivity contribution in [1.82, 2.24) is 0 Å². The summed E-state index contributed by atoms with van der Waals surface area (Å²) in [5.74, 6) is 0. The number of nitrogens with one attached hydrogen (secondary N) is 1. The molecule has 1 N–H and O–H groups in total. The van der Waals surface area contributed by atoms with E-state index < -0.39 is 0 Å². The molecule has 0 radical (unpaired) electrons. The van der Waals surface area contributed by atoms with E-state index in [1.165, 1.54) is 11.3 Å². The highest BCUT2D eigenvalue weighted by Gasteiger charge is 1.83. The zero-order chi connectivity index (χ0) is 6.69. The Morgan fingerprint density at radius 2 is 1.78 bits per heavy atom. The minimum atomic E-state index is 1.17. The molecule has 1 aromatic carbocycles. The minimum Gasteiger partial charge on any atom is -0.434 e. The quantitative estimate of drug-likeness (QED) is 0.542. The van der Waals surface area contributed by atoms with Gasteiger partial charge in [0, 0.05) is 5.69 Å². The van der Waals surface area contributed by atoms with E-state index >= 15 is 0 Å². The first-order valence-electron chi connectivity index (χ1n) is 3.07. The Bertz CT molecular complexity index is 181. The van der Waals surface area contributed by atoms with Crippen LogP contribution in [0.3, 0.4) is 0 Å². The Morgan fingerprint density at radius 1 is 1.22 bits per heavy atom. The third-order valence-corrected chi connectivity index (χ3v) is 1.34. The van der Waals surface area contributed by atoms with Crippen LogP contribution in [-0.2, 0) is 0 Å². The van der Waals surface area contributed by atoms with Crippen LogP contribution in [0.25, 0.3) is 0 Å². The van der Waals surface area contributed by atoms with E-state index in [-0.39, 0.29) is 0 Å². The number of benzene rings is 1. The summed E-state index contributed by atoms with van der Waals surface area (Å²) >= 11 is 0. The predicted octanol–water partition coefficient (Wildman–Crippen LogP) is 0.955. The van der Waals surface area contributed by atoms with Gasteiger partial charge in [-0.25, -0.2) is 0 Å². The molecule has 2 heteroatoms. The Hall–Kier alpha value is -0.915. The number of anilines is 1. The summed E-state index contributed by atoms with van der Waals surface area (Å²) in [6.45, 7) is 2.08. The zero-order valence-electron chi connectivity index (χ0n) is 5.81. The largest absolute Gasteiger partial charge is 0.434 e. The van der Waals surface area contributed by atoms with Crippen molar-refractivity contribution in [1.29, 1.82) is 0 Å². The molecule has 1 nitrogen and oxygen atoms in total.